The molecule has 6 heteroatoms. The number of halogens is 1. The molecule has 1 N–H and O–H groups in total. The van der Waals surface area contributed by atoms with Crippen molar-refractivity contribution < 1.29 is 14.0 Å². The lowest BCUT2D eigenvalue weighted by Crippen LogP contribution is -2.46. The first kappa shape index (κ1) is 19.0. The average Bonchev–Trinajstić information content (AvgIpc) is 2.68. The van der Waals surface area contributed by atoms with Crippen molar-refractivity contribution in [2.45, 2.75) is 25.7 Å². The predicted molar refractivity (Wildman–Crippen MR) is 100 cm³/mol. The zero-order valence-electron chi connectivity index (χ0n) is 15.2. The highest BCUT2D eigenvalue weighted by Crippen LogP contribution is 2.18. The molecule has 1 aliphatic heterocycles. The van der Waals surface area contributed by atoms with Crippen LogP contribution < -0.4 is 5.32 Å². The fraction of sp³-hybridized carbons (Fsp3) is 0.381. The van der Waals surface area contributed by atoms with Crippen LogP contribution >= 0.6 is 0 Å². The smallest absolute Gasteiger partial charge is 0.224 e. The van der Waals surface area contributed by atoms with E-state index in [0.717, 1.165) is 17.5 Å². The summed E-state index contributed by atoms with van der Waals surface area (Å²) in [4.78, 5) is 30.4. The van der Waals surface area contributed by atoms with E-state index in [9.17, 15) is 14.0 Å². The van der Waals surface area contributed by atoms with Crippen LogP contribution in [0, 0.1) is 11.7 Å². The van der Waals surface area contributed by atoms with Crippen molar-refractivity contribution in [3.8, 4) is 0 Å². The summed E-state index contributed by atoms with van der Waals surface area (Å²) in [5.74, 6) is -0.416. The quantitative estimate of drug-likeness (QED) is 0.815. The molecule has 0 saturated carbocycles. The van der Waals surface area contributed by atoms with E-state index in [-0.39, 0.29) is 23.5 Å². The Morgan fingerprint density at radius 3 is 2.85 bits per heavy atom. The summed E-state index contributed by atoms with van der Waals surface area (Å²) in [5.41, 5.74) is 1.93. The molecule has 1 saturated heterocycles. The lowest BCUT2D eigenvalue weighted by Gasteiger charge is -2.32. The van der Waals surface area contributed by atoms with Crippen LogP contribution in [0.3, 0.4) is 0 Å². The molecule has 0 spiro atoms. The summed E-state index contributed by atoms with van der Waals surface area (Å²) in [6.45, 7) is 1.48. The predicted octanol–water partition coefficient (Wildman–Crippen LogP) is 2.36. The number of rotatable bonds is 7. The van der Waals surface area contributed by atoms with E-state index in [2.05, 4.69) is 10.3 Å². The van der Waals surface area contributed by atoms with Gasteiger partial charge in [-0.15, -0.1) is 0 Å². The number of hydrogen-bond donors (Lipinski definition) is 1. The number of nitrogens with zero attached hydrogens (tertiary/aromatic N) is 2. The summed E-state index contributed by atoms with van der Waals surface area (Å²) in [7, 11) is 0. The zero-order chi connectivity index (χ0) is 19.1. The molecule has 2 aromatic rings. The van der Waals surface area contributed by atoms with Gasteiger partial charge in [0, 0.05) is 38.4 Å². The Labute approximate surface area is 158 Å². The van der Waals surface area contributed by atoms with Crippen LogP contribution in [0.15, 0.2) is 48.8 Å². The van der Waals surface area contributed by atoms with E-state index in [4.69, 9.17) is 0 Å². The fourth-order valence-corrected chi connectivity index (χ4v) is 3.32. The van der Waals surface area contributed by atoms with E-state index in [1.807, 2.05) is 18.2 Å². The molecule has 142 valence electrons. The van der Waals surface area contributed by atoms with Crippen LogP contribution in [0.2, 0.25) is 0 Å². The maximum absolute atomic E-state index is 13.3. The van der Waals surface area contributed by atoms with Crippen molar-refractivity contribution in [1.82, 2.24) is 15.2 Å². The van der Waals surface area contributed by atoms with Gasteiger partial charge in [0.1, 0.15) is 5.82 Å². The van der Waals surface area contributed by atoms with E-state index >= 15 is 0 Å². The van der Waals surface area contributed by atoms with Gasteiger partial charge >= 0.3 is 0 Å². The minimum absolute atomic E-state index is 0.0119. The Morgan fingerprint density at radius 1 is 1.22 bits per heavy atom. The Bertz CT molecular complexity index is 782. The number of aromatic nitrogens is 1. The van der Waals surface area contributed by atoms with Crippen molar-refractivity contribution in [3.05, 3.63) is 65.7 Å². The van der Waals surface area contributed by atoms with Gasteiger partial charge in [-0.25, -0.2) is 4.39 Å². The fourth-order valence-electron chi connectivity index (χ4n) is 3.32. The molecule has 0 aliphatic carbocycles. The van der Waals surface area contributed by atoms with Crippen LogP contribution in [0.5, 0.6) is 0 Å². The van der Waals surface area contributed by atoms with Crippen LogP contribution in [0.4, 0.5) is 4.39 Å². The molecule has 1 aliphatic rings. The molecule has 0 radical (unpaired) electrons. The van der Waals surface area contributed by atoms with Crippen molar-refractivity contribution in [3.63, 3.8) is 0 Å². The third kappa shape index (κ3) is 5.61. The molecule has 1 atom stereocenters. The van der Waals surface area contributed by atoms with Crippen LogP contribution in [0.1, 0.15) is 24.0 Å². The largest absolute Gasteiger partial charge is 0.355 e. The summed E-state index contributed by atoms with van der Waals surface area (Å²) in [6.07, 6.45) is 5.78. The summed E-state index contributed by atoms with van der Waals surface area (Å²) >= 11 is 0. The van der Waals surface area contributed by atoms with Gasteiger partial charge in [0.05, 0.1) is 5.92 Å². The Morgan fingerprint density at radius 2 is 2.07 bits per heavy atom. The molecule has 3 rings (SSSR count). The second kappa shape index (κ2) is 9.26. The van der Waals surface area contributed by atoms with Crippen molar-refractivity contribution >= 4 is 11.8 Å². The number of likely N-dealkylation sites (tertiary alicyclic amines) is 1. The minimum atomic E-state index is -0.275. The van der Waals surface area contributed by atoms with Gasteiger partial charge in [0.2, 0.25) is 11.8 Å². The first-order chi connectivity index (χ1) is 13.1. The summed E-state index contributed by atoms with van der Waals surface area (Å²) in [5, 5.41) is 2.96. The molecule has 2 amide bonds. The maximum Gasteiger partial charge on any atom is 0.224 e. The number of piperidine rings is 1. The van der Waals surface area contributed by atoms with E-state index < -0.39 is 0 Å². The van der Waals surface area contributed by atoms with E-state index in [0.29, 0.717) is 38.9 Å². The van der Waals surface area contributed by atoms with Crippen molar-refractivity contribution in [2.75, 3.05) is 19.6 Å². The molecule has 1 fully saturated rings. The highest BCUT2D eigenvalue weighted by Gasteiger charge is 2.29. The molecular formula is C21H24FN3O2. The van der Waals surface area contributed by atoms with Crippen LogP contribution in [-0.2, 0) is 22.4 Å². The molecule has 1 aromatic heterocycles. The Hall–Kier alpha value is -2.76. The molecule has 0 bridgehead atoms. The number of hydrogen-bond acceptors (Lipinski definition) is 3. The van der Waals surface area contributed by atoms with Gasteiger partial charge in [0.15, 0.2) is 0 Å². The van der Waals surface area contributed by atoms with Crippen molar-refractivity contribution in [2.24, 2.45) is 5.92 Å². The monoisotopic (exact) mass is 369 g/mol. The normalized spacial score (nSPS) is 17.0. The molecule has 0 unspecified atom stereocenters. The van der Waals surface area contributed by atoms with Gasteiger partial charge < -0.3 is 10.2 Å². The van der Waals surface area contributed by atoms with Gasteiger partial charge in [0.25, 0.3) is 0 Å². The van der Waals surface area contributed by atoms with Crippen LogP contribution in [0.25, 0.3) is 0 Å². The minimum Gasteiger partial charge on any atom is -0.355 e. The molecule has 5 nitrogen and oxygen atoms in total. The number of amides is 2. The van der Waals surface area contributed by atoms with Gasteiger partial charge in [-0.05, 0) is 48.6 Å². The third-order valence-electron chi connectivity index (χ3n) is 4.87. The first-order valence-corrected chi connectivity index (χ1v) is 9.30. The lowest BCUT2D eigenvalue weighted by molar-refractivity contribution is -0.138. The molecule has 27 heavy (non-hydrogen) atoms. The first-order valence-electron chi connectivity index (χ1n) is 9.30. The van der Waals surface area contributed by atoms with Gasteiger partial charge in [-0.3, -0.25) is 14.6 Å². The average molecular weight is 369 g/mol. The Balaban J connectivity index is 1.47. The summed E-state index contributed by atoms with van der Waals surface area (Å²) < 4.78 is 13.3. The van der Waals surface area contributed by atoms with Crippen LogP contribution in [-0.4, -0.2) is 41.3 Å². The zero-order valence-corrected chi connectivity index (χ0v) is 15.2. The maximum atomic E-state index is 13.3. The molecular weight excluding hydrogens is 345 g/mol. The Kier molecular flexibility index (Phi) is 6.52. The number of pyridine rings is 1. The topological polar surface area (TPSA) is 62.3 Å². The second-order valence-corrected chi connectivity index (χ2v) is 6.86. The molecule has 2 heterocycles. The third-order valence-corrected chi connectivity index (χ3v) is 4.87. The summed E-state index contributed by atoms with van der Waals surface area (Å²) in [6, 6.07) is 10.3. The SMILES string of the molecule is O=C(NCCc1cccnc1)[C@@H]1CCC(=O)N(CCc2cccc(F)c2)C1. The van der Waals surface area contributed by atoms with E-state index in [1.165, 1.54) is 12.1 Å². The number of benzene rings is 1. The number of carbonyl (C=O) groups is 2. The van der Waals surface area contributed by atoms with Gasteiger partial charge in [-0.1, -0.05) is 18.2 Å². The number of nitrogens with one attached hydrogen (secondary N) is 1. The lowest BCUT2D eigenvalue weighted by atomic mass is 9.96. The van der Waals surface area contributed by atoms with Crippen molar-refractivity contribution in [1.29, 1.82) is 0 Å². The van der Waals surface area contributed by atoms with E-state index in [1.54, 1.807) is 23.4 Å². The number of carbonyl (C=O) groups excluding carboxylic acids is 2. The highest BCUT2D eigenvalue weighted by atomic mass is 19.1. The van der Waals surface area contributed by atoms with Gasteiger partial charge in [-0.2, -0.15) is 0 Å². The molecule has 1 aromatic carbocycles. The highest BCUT2D eigenvalue weighted by molar-refractivity contribution is 5.83. The second-order valence-electron chi connectivity index (χ2n) is 6.86. The standard InChI is InChI=1S/C21H24FN3O2/c22-19-5-1-3-16(13-19)9-12-25-15-18(6-7-20(25)26)21(27)24-11-8-17-4-2-10-23-14-17/h1-5,10,13-14,18H,6-9,11-12,15H2,(H,24,27)/t18-/m1/s1.